The first kappa shape index (κ1) is 17.7. The first-order chi connectivity index (χ1) is 7.60. The predicted octanol–water partition coefficient (Wildman–Crippen LogP) is 4.83. The van der Waals surface area contributed by atoms with Crippen molar-refractivity contribution < 1.29 is 8.54 Å². The van der Waals surface area contributed by atoms with Crippen molar-refractivity contribution in [3.63, 3.8) is 0 Å². The zero-order valence-electron chi connectivity index (χ0n) is 12.8. The molecule has 0 aromatic rings. The van der Waals surface area contributed by atoms with Crippen LogP contribution >= 0.6 is 11.8 Å². The van der Waals surface area contributed by atoms with E-state index in [1.165, 1.54) is 0 Å². The van der Waals surface area contributed by atoms with Crippen LogP contribution in [0.3, 0.4) is 0 Å². The second kappa shape index (κ2) is 6.75. The summed E-state index contributed by atoms with van der Waals surface area (Å²) in [7, 11) is -3.53. The number of rotatable bonds is 8. The first-order valence-corrected chi connectivity index (χ1v) is 13.8. The van der Waals surface area contributed by atoms with E-state index in [0.717, 1.165) is 18.6 Å². The lowest BCUT2D eigenvalue weighted by Crippen LogP contribution is -2.50. The molecule has 5 heteroatoms. The van der Waals surface area contributed by atoms with Gasteiger partial charge in [0.15, 0.2) is 8.32 Å². The highest BCUT2D eigenvalue weighted by Crippen LogP contribution is 2.37. The van der Waals surface area contributed by atoms with Gasteiger partial charge in [0.05, 0.1) is 0 Å². The second-order valence-electron chi connectivity index (χ2n) is 5.77. The first-order valence-electron chi connectivity index (χ1n) is 6.64. The highest BCUT2D eigenvalue weighted by Gasteiger charge is 2.39. The van der Waals surface area contributed by atoms with Gasteiger partial charge in [-0.1, -0.05) is 20.8 Å². The van der Waals surface area contributed by atoms with E-state index >= 15 is 0 Å². The van der Waals surface area contributed by atoms with Gasteiger partial charge in [-0.25, -0.2) is 0 Å². The van der Waals surface area contributed by atoms with Crippen LogP contribution in [0.2, 0.25) is 32.7 Å². The van der Waals surface area contributed by atoms with Crippen LogP contribution < -0.4 is 0 Å². The molecule has 0 saturated heterocycles. The van der Waals surface area contributed by atoms with Gasteiger partial charge in [0.2, 0.25) is 0 Å². The zero-order chi connectivity index (χ0) is 13.7. The normalized spacial score (nSPS) is 14.1. The third-order valence-electron chi connectivity index (χ3n) is 2.47. The van der Waals surface area contributed by atoms with E-state index in [0.29, 0.717) is 0 Å². The van der Waals surface area contributed by atoms with E-state index in [4.69, 9.17) is 8.54 Å². The summed E-state index contributed by atoms with van der Waals surface area (Å²) in [5.41, 5.74) is 0. The Morgan fingerprint density at radius 2 is 1.41 bits per heavy atom. The van der Waals surface area contributed by atoms with Crippen LogP contribution in [0.1, 0.15) is 33.6 Å². The van der Waals surface area contributed by atoms with Gasteiger partial charge in [0.25, 0.3) is 0 Å². The Balaban J connectivity index is 4.73. The van der Waals surface area contributed by atoms with E-state index in [2.05, 4.69) is 53.5 Å². The number of thioether (sulfide) groups is 1. The maximum absolute atomic E-state index is 6.45. The fourth-order valence-electron chi connectivity index (χ4n) is 2.10. The predicted molar refractivity (Wildman–Crippen MR) is 84.4 cm³/mol. The van der Waals surface area contributed by atoms with Crippen molar-refractivity contribution in [2.75, 3.05) is 5.75 Å². The number of hydrogen-bond donors (Lipinski definition) is 0. The maximum atomic E-state index is 6.45. The van der Waals surface area contributed by atoms with Crippen LogP contribution in [0.4, 0.5) is 0 Å². The highest BCUT2D eigenvalue weighted by atomic mass is 32.2. The molecule has 0 aliphatic heterocycles. The smallest absolute Gasteiger partial charge is 0.322 e. The van der Waals surface area contributed by atoms with Gasteiger partial charge in [0.1, 0.15) is 4.93 Å². The van der Waals surface area contributed by atoms with Crippen LogP contribution in [-0.2, 0) is 8.54 Å². The molecule has 0 fully saturated rings. The van der Waals surface area contributed by atoms with Gasteiger partial charge in [-0.05, 0) is 51.3 Å². The van der Waals surface area contributed by atoms with Crippen molar-refractivity contribution in [3.05, 3.63) is 0 Å². The van der Waals surface area contributed by atoms with Gasteiger partial charge in [-0.3, -0.25) is 0 Å². The summed E-state index contributed by atoms with van der Waals surface area (Å²) in [6.07, 6.45) is 2.10. The lowest BCUT2D eigenvalue weighted by Gasteiger charge is -2.40. The molecular weight excluding hydrogens is 264 g/mol. The molecule has 0 aromatic carbocycles. The van der Waals surface area contributed by atoms with Gasteiger partial charge in [-0.2, -0.15) is 0 Å². The van der Waals surface area contributed by atoms with E-state index in [9.17, 15) is 0 Å². The lowest BCUT2D eigenvalue weighted by atomic mass is 10.2. The van der Waals surface area contributed by atoms with E-state index < -0.39 is 16.9 Å². The molecule has 0 atom stereocenters. The minimum absolute atomic E-state index is 0.0376. The SMILES string of the molecule is CCSC(CC)(CC)O[Si](C)(C)O[Si](C)(C)C. The Kier molecular flexibility index (Phi) is 7.03. The molecule has 0 aliphatic carbocycles. The second-order valence-corrected chi connectivity index (χ2v) is 15.4. The molecule has 0 radical (unpaired) electrons. The quantitative estimate of drug-likeness (QED) is 0.472. The Morgan fingerprint density at radius 3 is 1.71 bits per heavy atom. The fourth-order valence-corrected chi connectivity index (χ4v) is 11.1. The zero-order valence-corrected chi connectivity index (χ0v) is 15.7. The average molecular weight is 295 g/mol. The number of hydrogen-bond acceptors (Lipinski definition) is 3. The van der Waals surface area contributed by atoms with Crippen LogP contribution in [0.5, 0.6) is 0 Å². The summed E-state index contributed by atoms with van der Waals surface area (Å²) in [4.78, 5) is -0.0376. The Morgan fingerprint density at radius 1 is 0.941 bits per heavy atom. The molecule has 2 nitrogen and oxygen atoms in total. The standard InChI is InChI=1S/C12H30O2SSi2/c1-9-12(10-2,15-11-3)13-17(7,8)14-16(4,5)6/h9-11H2,1-8H3. The molecule has 0 N–H and O–H groups in total. The van der Waals surface area contributed by atoms with Crippen LogP contribution in [0.15, 0.2) is 0 Å². The molecule has 0 rings (SSSR count). The van der Waals surface area contributed by atoms with E-state index in [-0.39, 0.29) is 4.93 Å². The fraction of sp³-hybridized carbons (Fsp3) is 1.00. The van der Waals surface area contributed by atoms with Crippen molar-refractivity contribution >= 4 is 28.6 Å². The summed E-state index contributed by atoms with van der Waals surface area (Å²) >= 11 is 1.92. The van der Waals surface area contributed by atoms with Gasteiger partial charge in [-0.15, -0.1) is 11.8 Å². The van der Waals surface area contributed by atoms with Crippen molar-refractivity contribution in [2.24, 2.45) is 0 Å². The molecule has 104 valence electrons. The highest BCUT2D eigenvalue weighted by molar-refractivity contribution is 8.00. The molecule has 0 amide bonds. The molecule has 0 unspecified atom stereocenters. The summed E-state index contributed by atoms with van der Waals surface area (Å²) in [6, 6.07) is 0. The van der Waals surface area contributed by atoms with Crippen molar-refractivity contribution in [1.82, 2.24) is 0 Å². The lowest BCUT2D eigenvalue weighted by molar-refractivity contribution is 0.117. The maximum Gasteiger partial charge on any atom is 0.322 e. The van der Waals surface area contributed by atoms with Crippen molar-refractivity contribution in [3.8, 4) is 0 Å². The van der Waals surface area contributed by atoms with Crippen LogP contribution in [0.25, 0.3) is 0 Å². The molecule has 0 bridgehead atoms. The minimum atomic E-state index is -2.01. The van der Waals surface area contributed by atoms with E-state index in [1.54, 1.807) is 0 Å². The molecule has 0 heterocycles. The topological polar surface area (TPSA) is 18.5 Å². The van der Waals surface area contributed by atoms with Crippen LogP contribution in [0, 0.1) is 0 Å². The molecular formula is C12H30O2SSi2. The molecule has 0 spiro atoms. The summed E-state index contributed by atoms with van der Waals surface area (Å²) < 4.78 is 12.7. The van der Waals surface area contributed by atoms with Gasteiger partial charge < -0.3 is 8.54 Å². The largest absolute Gasteiger partial charge is 0.436 e. The Bertz CT molecular complexity index is 223. The van der Waals surface area contributed by atoms with Gasteiger partial charge in [0, 0.05) is 0 Å². The van der Waals surface area contributed by atoms with Crippen molar-refractivity contribution in [2.45, 2.75) is 71.3 Å². The van der Waals surface area contributed by atoms with Crippen LogP contribution in [-0.4, -0.2) is 27.6 Å². The monoisotopic (exact) mass is 294 g/mol. The van der Waals surface area contributed by atoms with E-state index in [1.807, 2.05) is 11.8 Å². The molecule has 0 saturated carbocycles. The molecule has 17 heavy (non-hydrogen) atoms. The summed E-state index contributed by atoms with van der Waals surface area (Å²) in [5.74, 6) is 1.10. The summed E-state index contributed by atoms with van der Waals surface area (Å²) in [6.45, 7) is 17.7. The third-order valence-corrected chi connectivity index (χ3v) is 9.39. The van der Waals surface area contributed by atoms with Gasteiger partial charge >= 0.3 is 8.56 Å². The minimum Gasteiger partial charge on any atom is -0.436 e. The Hall–Kier alpha value is 0.704. The molecule has 0 aliphatic rings. The van der Waals surface area contributed by atoms with Crippen molar-refractivity contribution in [1.29, 1.82) is 0 Å². The molecule has 0 aromatic heterocycles. The Labute approximate surface area is 114 Å². The summed E-state index contributed by atoms with van der Waals surface area (Å²) in [5, 5.41) is 0. The third kappa shape index (κ3) is 7.01. The average Bonchev–Trinajstić information content (AvgIpc) is 2.12.